The standard InChI is InChI=1S/C8H20NO6P.C3H4S2/c1-9(2,3)4-5-14-16(12,13)15-7-8(11)6-10;1-2-4-5-3-1/h8,10-11H,4-7H2,1-3H3;1-2H,3H2/p+1. The van der Waals surface area contributed by atoms with Gasteiger partial charge in [-0.1, -0.05) is 27.7 Å². The van der Waals surface area contributed by atoms with Gasteiger partial charge < -0.3 is 19.6 Å². The van der Waals surface area contributed by atoms with Gasteiger partial charge >= 0.3 is 7.82 Å². The van der Waals surface area contributed by atoms with Crippen LogP contribution in [-0.4, -0.2) is 79.0 Å². The summed E-state index contributed by atoms with van der Waals surface area (Å²) in [7, 11) is 5.32. The normalized spacial score (nSPS) is 18.8. The summed E-state index contributed by atoms with van der Waals surface area (Å²) in [5.74, 6) is 1.20. The zero-order valence-corrected chi connectivity index (χ0v) is 15.1. The van der Waals surface area contributed by atoms with E-state index in [2.05, 4.69) is 20.5 Å². The minimum absolute atomic E-state index is 0.0759. The number of phosphoric ester groups is 1. The van der Waals surface area contributed by atoms with E-state index in [0.29, 0.717) is 11.0 Å². The second kappa shape index (κ2) is 11.0. The third-order valence-electron chi connectivity index (χ3n) is 2.04. The molecule has 2 atom stereocenters. The van der Waals surface area contributed by atoms with E-state index < -0.39 is 27.1 Å². The van der Waals surface area contributed by atoms with Gasteiger partial charge in [0.05, 0.1) is 34.4 Å². The van der Waals surface area contributed by atoms with E-state index in [-0.39, 0.29) is 6.61 Å². The summed E-state index contributed by atoms with van der Waals surface area (Å²) < 4.78 is 21.0. The van der Waals surface area contributed by atoms with Crippen molar-refractivity contribution in [1.29, 1.82) is 0 Å². The number of hydrogen-bond acceptors (Lipinski definition) is 7. The Morgan fingerprint density at radius 3 is 2.43 bits per heavy atom. The number of phosphoric acid groups is 1. The lowest BCUT2D eigenvalue weighted by atomic mass is 10.4. The molecule has 1 aliphatic rings. The van der Waals surface area contributed by atoms with Crippen molar-refractivity contribution in [2.24, 2.45) is 0 Å². The molecular formula is C11H25NO6PS2+. The Bertz CT molecular complexity index is 344. The Morgan fingerprint density at radius 2 is 2.05 bits per heavy atom. The fourth-order valence-corrected chi connectivity index (χ4v) is 3.22. The molecule has 7 nitrogen and oxygen atoms in total. The van der Waals surface area contributed by atoms with Crippen molar-refractivity contribution in [3.8, 4) is 0 Å². The summed E-state index contributed by atoms with van der Waals surface area (Å²) in [5, 5.41) is 19.5. The molecule has 126 valence electrons. The molecule has 0 aromatic carbocycles. The molecule has 0 radical (unpaired) electrons. The van der Waals surface area contributed by atoms with Crippen LogP contribution in [0.1, 0.15) is 0 Å². The van der Waals surface area contributed by atoms with E-state index >= 15 is 0 Å². The summed E-state index contributed by atoms with van der Waals surface area (Å²) in [6.07, 6.45) is 0.984. The van der Waals surface area contributed by atoms with E-state index in [9.17, 15) is 4.57 Å². The largest absolute Gasteiger partial charge is 0.472 e. The predicted octanol–water partition coefficient (Wildman–Crippen LogP) is 1.07. The van der Waals surface area contributed by atoms with Gasteiger partial charge in [-0.25, -0.2) is 4.57 Å². The Labute approximate surface area is 133 Å². The first kappa shape index (κ1) is 21.4. The number of aliphatic hydroxyl groups is 2. The molecule has 1 heterocycles. The van der Waals surface area contributed by atoms with Crippen LogP contribution in [0.4, 0.5) is 0 Å². The smallest absolute Gasteiger partial charge is 0.394 e. The average Bonchev–Trinajstić information content (AvgIpc) is 2.93. The minimum Gasteiger partial charge on any atom is -0.394 e. The first-order valence-electron chi connectivity index (χ1n) is 6.31. The van der Waals surface area contributed by atoms with Crippen molar-refractivity contribution >= 4 is 29.4 Å². The zero-order valence-electron chi connectivity index (χ0n) is 12.5. The van der Waals surface area contributed by atoms with Crippen molar-refractivity contribution in [1.82, 2.24) is 0 Å². The van der Waals surface area contributed by atoms with Crippen LogP contribution >= 0.6 is 29.4 Å². The van der Waals surface area contributed by atoms with Gasteiger partial charge in [0.1, 0.15) is 19.3 Å². The molecule has 0 saturated heterocycles. The van der Waals surface area contributed by atoms with E-state index in [1.807, 2.05) is 42.7 Å². The molecule has 0 spiro atoms. The van der Waals surface area contributed by atoms with Gasteiger partial charge in [-0.15, -0.1) is 0 Å². The van der Waals surface area contributed by atoms with Crippen LogP contribution in [0.15, 0.2) is 11.5 Å². The fraction of sp³-hybridized carbons (Fsp3) is 0.818. The Hall–Kier alpha value is 0.430. The van der Waals surface area contributed by atoms with Gasteiger partial charge in [0, 0.05) is 5.75 Å². The molecule has 1 rings (SSSR count). The topological polar surface area (TPSA) is 96.2 Å². The average molecular weight is 362 g/mol. The fourth-order valence-electron chi connectivity index (χ4n) is 0.897. The molecule has 0 fully saturated rings. The highest BCUT2D eigenvalue weighted by Crippen LogP contribution is 2.43. The summed E-state index contributed by atoms with van der Waals surface area (Å²) >= 11 is 0. The van der Waals surface area contributed by atoms with Crippen molar-refractivity contribution in [3.63, 3.8) is 0 Å². The third kappa shape index (κ3) is 15.1. The van der Waals surface area contributed by atoms with Gasteiger partial charge in [0.25, 0.3) is 0 Å². The van der Waals surface area contributed by atoms with Crippen LogP contribution in [0.2, 0.25) is 0 Å². The number of quaternary nitrogens is 1. The number of rotatable bonds is 8. The van der Waals surface area contributed by atoms with Gasteiger partial charge in [0.15, 0.2) is 0 Å². The highest BCUT2D eigenvalue weighted by molar-refractivity contribution is 8.78. The Kier molecular flexibility index (Phi) is 11.3. The lowest BCUT2D eigenvalue weighted by Gasteiger charge is -2.24. The first-order chi connectivity index (χ1) is 9.66. The van der Waals surface area contributed by atoms with Crippen LogP contribution in [0.3, 0.4) is 0 Å². The molecular weight excluding hydrogens is 337 g/mol. The summed E-state index contributed by atoms with van der Waals surface area (Å²) in [6.45, 7) is -0.337. The van der Waals surface area contributed by atoms with Gasteiger partial charge in [-0.05, 0) is 5.41 Å². The third-order valence-corrected chi connectivity index (χ3v) is 4.94. The number of likely N-dealkylation sites (N-methyl/N-ethyl adjacent to an activating group) is 1. The van der Waals surface area contributed by atoms with E-state index in [4.69, 9.17) is 15.1 Å². The van der Waals surface area contributed by atoms with Gasteiger partial charge in [0.2, 0.25) is 0 Å². The van der Waals surface area contributed by atoms with E-state index in [1.165, 1.54) is 5.75 Å². The summed E-state index contributed by atoms with van der Waals surface area (Å²) in [4.78, 5) is 9.17. The van der Waals surface area contributed by atoms with Gasteiger partial charge in [-0.2, -0.15) is 0 Å². The lowest BCUT2D eigenvalue weighted by molar-refractivity contribution is -0.870. The first-order valence-corrected chi connectivity index (χ1v) is 10.2. The van der Waals surface area contributed by atoms with Crippen LogP contribution in [-0.2, 0) is 13.6 Å². The highest BCUT2D eigenvalue weighted by atomic mass is 33.1. The maximum atomic E-state index is 11.2. The van der Waals surface area contributed by atoms with Crippen LogP contribution in [0, 0.1) is 0 Å². The Balaban J connectivity index is 0.000000662. The summed E-state index contributed by atoms with van der Waals surface area (Å²) in [6, 6.07) is 0. The van der Waals surface area contributed by atoms with Gasteiger partial charge in [-0.3, -0.25) is 9.05 Å². The second-order valence-electron chi connectivity index (χ2n) is 5.20. The molecule has 1 aliphatic heterocycles. The molecule has 10 heteroatoms. The number of nitrogens with zero attached hydrogens (tertiary/aromatic N) is 1. The van der Waals surface area contributed by atoms with Crippen LogP contribution < -0.4 is 0 Å². The molecule has 21 heavy (non-hydrogen) atoms. The molecule has 3 N–H and O–H groups in total. The van der Waals surface area contributed by atoms with E-state index in [0.717, 1.165) is 0 Å². The van der Waals surface area contributed by atoms with Crippen LogP contribution in [0.5, 0.6) is 0 Å². The molecule has 0 aromatic heterocycles. The highest BCUT2D eigenvalue weighted by Gasteiger charge is 2.23. The Morgan fingerprint density at radius 1 is 1.38 bits per heavy atom. The molecule has 0 amide bonds. The van der Waals surface area contributed by atoms with E-state index in [1.54, 1.807) is 0 Å². The SMILES string of the molecule is C1=CSSC1.C[N+](C)(C)CCOP(=O)(O)OCC(O)CO. The number of hydrogen-bond donors (Lipinski definition) is 3. The van der Waals surface area contributed by atoms with Crippen molar-refractivity contribution in [2.75, 3.05) is 53.3 Å². The second-order valence-corrected chi connectivity index (χ2v) is 8.97. The molecule has 2 unspecified atom stereocenters. The van der Waals surface area contributed by atoms with Crippen molar-refractivity contribution in [3.05, 3.63) is 11.5 Å². The zero-order chi connectivity index (χ0) is 16.4. The molecule has 0 bridgehead atoms. The molecule has 0 aromatic rings. The molecule has 0 aliphatic carbocycles. The van der Waals surface area contributed by atoms with Crippen molar-refractivity contribution in [2.45, 2.75) is 6.10 Å². The maximum Gasteiger partial charge on any atom is 0.472 e. The molecule has 0 saturated carbocycles. The van der Waals surface area contributed by atoms with Crippen molar-refractivity contribution < 1.29 is 33.2 Å². The minimum atomic E-state index is -4.13. The number of aliphatic hydroxyl groups excluding tert-OH is 2. The van der Waals surface area contributed by atoms with Crippen LogP contribution in [0.25, 0.3) is 0 Å². The maximum absolute atomic E-state index is 11.2. The quantitative estimate of drug-likeness (QED) is 0.335. The monoisotopic (exact) mass is 362 g/mol. The predicted molar refractivity (Wildman–Crippen MR) is 86.9 cm³/mol. The lowest BCUT2D eigenvalue weighted by Crippen LogP contribution is -2.37. The summed E-state index contributed by atoms with van der Waals surface area (Å²) in [5.41, 5.74) is 0.